The maximum absolute atomic E-state index is 12.4. The van der Waals surface area contributed by atoms with Gasteiger partial charge in [-0.05, 0) is 19.3 Å². The number of fused-ring (bicyclic) bond motifs is 1. The van der Waals surface area contributed by atoms with Gasteiger partial charge in [-0.1, -0.05) is 13.8 Å². The Bertz CT molecular complexity index is 451. The highest BCUT2D eigenvalue weighted by Crippen LogP contribution is 2.53. The summed E-state index contributed by atoms with van der Waals surface area (Å²) < 4.78 is 11.5. The normalized spacial score (nSPS) is 37.5. The van der Waals surface area contributed by atoms with Crippen molar-refractivity contribution in [2.45, 2.75) is 45.3 Å². The molecule has 118 valence electrons. The molecule has 0 radical (unpaired) electrons. The lowest BCUT2D eigenvalue weighted by atomic mass is 9.59. The number of nitrogens with two attached hydrogens (primary N) is 1. The number of hydrogen-bond donors (Lipinski definition) is 1. The van der Waals surface area contributed by atoms with Gasteiger partial charge in [-0.2, -0.15) is 0 Å². The zero-order chi connectivity index (χ0) is 15.2. The van der Waals surface area contributed by atoms with Gasteiger partial charge in [0.1, 0.15) is 6.10 Å². The minimum atomic E-state index is -0.458. The Balaban J connectivity index is 1.60. The lowest BCUT2D eigenvalue weighted by Gasteiger charge is -2.53. The molecule has 0 bridgehead atoms. The number of primary amides is 1. The Labute approximate surface area is 124 Å². The second-order valence-electron chi connectivity index (χ2n) is 7.05. The number of ether oxygens (including phenoxy) is 2. The van der Waals surface area contributed by atoms with Crippen LogP contribution in [-0.4, -0.2) is 48.8 Å². The summed E-state index contributed by atoms with van der Waals surface area (Å²) in [7, 11) is 0. The van der Waals surface area contributed by atoms with Crippen molar-refractivity contribution in [3.05, 3.63) is 0 Å². The average molecular weight is 296 g/mol. The highest BCUT2D eigenvalue weighted by molar-refractivity contribution is 5.76. The van der Waals surface area contributed by atoms with E-state index in [0.29, 0.717) is 19.0 Å². The van der Waals surface area contributed by atoms with Crippen molar-refractivity contribution < 1.29 is 19.1 Å². The largest absolute Gasteiger partial charge is 0.461 e. The summed E-state index contributed by atoms with van der Waals surface area (Å²) in [6, 6.07) is -0.458. The Morgan fingerprint density at radius 3 is 2.81 bits per heavy atom. The molecular formula is C15H24N2O4. The van der Waals surface area contributed by atoms with Gasteiger partial charge in [-0.15, -0.1) is 0 Å². The first-order valence-electron chi connectivity index (χ1n) is 7.77. The molecule has 0 aromatic rings. The lowest BCUT2D eigenvalue weighted by Crippen LogP contribution is -2.62. The Morgan fingerprint density at radius 1 is 1.33 bits per heavy atom. The minimum Gasteiger partial charge on any atom is -0.461 e. The van der Waals surface area contributed by atoms with Crippen molar-refractivity contribution in [1.29, 1.82) is 0 Å². The van der Waals surface area contributed by atoms with Gasteiger partial charge in [0.2, 0.25) is 0 Å². The standard InChI is InChI=1S/C15H24N2O4/c1-15(2)11-10(5-7-20-11)12(15)21-13(18)9-4-3-6-17(8-9)14(16)19/h9-12H,3-8H2,1-2H3,(H2,16,19)/t9-,10-,11+,12+/m0/s1. The number of urea groups is 1. The maximum Gasteiger partial charge on any atom is 0.314 e. The third-order valence-electron chi connectivity index (χ3n) is 5.30. The number of carbonyl (C=O) groups is 2. The number of hydrogen-bond acceptors (Lipinski definition) is 4. The van der Waals surface area contributed by atoms with Crippen molar-refractivity contribution in [2.75, 3.05) is 19.7 Å². The van der Waals surface area contributed by atoms with E-state index in [9.17, 15) is 9.59 Å². The molecule has 2 saturated heterocycles. The van der Waals surface area contributed by atoms with Gasteiger partial charge in [0.05, 0.1) is 12.0 Å². The summed E-state index contributed by atoms with van der Waals surface area (Å²) in [6.45, 7) is 5.95. The molecule has 2 amide bonds. The fraction of sp³-hybridized carbons (Fsp3) is 0.867. The van der Waals surface area contributed by atoms with E-state index in [0.717, 1.165) is 25.9 Å². The monoisotopic (exact) mass is 296 g/mol. The van der Waals surface area contributed by atoms with Gasteiger partial charge in [-0.3, -0.25) is 4.79 Å². The van der Waals surface area contributed by atoms with E-state index < -0.39 is 6.03 Å². The van der Waals surface area contributed by atoms with Gasteiger partial charge in [-0.25, -0.2) is 4.79 Å². The van der Waals surface area contributed by atoms with Crippen LogP contribution in [0.2, 0.25) is 0 Å². The van der Waals surface area contributed by atoms with Crippen LogP contribution in [0, 0.1) is 17.3 Å². The molecule has 0 spiro atoms. The van der Waals surface area contributed by atoms with Crippen LogP contribution in [0.3, 0.4) is 0 Å². The van der Waals surface area contributed by atoms with Gasteiger partial charge in [0, 0.05) is 31.0 Å². The van der Waals surface area contributed by atoms with Crippen LogP contribution in [0.5, 0.6) is 0 Å². The van der Waals surface area contributed by atoms with E-state index in [2.05, 4.69) is 13.8 Å². The van der Waals surface area contributed by atoms with Crippen molar-refractivity contribution in [3.63, 3.8) is 0 Å². The number of rotatable bonds is 2. The van der Waals surface area contributed by atoms with E-state index in [4.69, 9.17) is 15.2 Å². The molecule has 0 aromatic carbocycles. The maximum atomic E-state index is 12.4. The van der Waals surface area contributed by atoms with Crippen LogP contribution < -0.4 is 5.73 Å². The number of esters is 1. The topological polar surface area (TPSA) is 81.9 Å². The fourth-order valence-electron chi connectivity index (χ4n) is 4.11. The first-order valence-corrected chi connectivity index (χ1v) is 7.77. The van der Waals surface area contributed by atoms with Gasteiger partial charge in [0.15, 0.2) is 0 Å². The fourth-order valence-corrected chi connectivity index (χ4v) is 4.11. The Hall–Kier alpha value is -1.30. The summed E-state index contributed by atoms with van der Waals surface area (Å²) >= 11 is 0. The molecule has 4 atom stereocenters. The van der Waals surface area contributed by atoms with E-state index >= 15 is 0 Å². The second kappa shape index (κ2) is 5.16. The molecule has 6 heteroatoms. The van der Waals surface area contributed by atoms with E-state index in [1.807, 2.05) is 0 Å². The van der Waals surface area contributed by atoms with Crippen molar-refractivity contribution in [2.24, 2.45) is 23.0 Å². The van der Waals surface area contributed by atoms with Crippen molar-refractivity contribution in [1.82, 2.24) is 4.90 Å². The van der Waals surface area contributed by atoms with Crippen molar-refractivity contribution >= 4 is 12.0 Å². The van der Waals surface area contributed by atoms with E-state index in [1.165, 1.54) is 4.90 Å². The van der Waals surface area contributed by atoms with Crippen molar-refractivity contribution in [3.8, 4) is 0 Å². The zero-order valence-corrected chi connectivity index (χ0v) is 12.7. The molecule has 2 aliphatic heterocycles. The minimum absolute atomic E-state index is 0.0681. The third kappa shape index (κ3) is 2.39. The molecule has 3 fully saturated rings. The first kappa shape index (κ1) is 14.6. The third-order valence-corrected chi connectivity index (χ3v) is 5.30. The van der Waals surface area contributed by atoms with Gasteiger partial charge >= 0.3 is 12.0 Å². The van der Waals surface area contributed by atoms with Crippen LogP contribution in [0.4, 0.5) is 4.79 Å². The molecule has 3 aliphatic rings. The number of likely N-dealkylation sites (tertiary alicyclic amines) is 1. The van der Waals surface area contributed by atoms with Crippen LogP contribution in [0.25, 0.3) is 0 Å². The van der Waals surface area contributed by atoms with Gasteiger partial charge in [0.25, 0.3) is 0 Å². The predicted octanol–water partition coefficient (Wildman–Crippen LogP) is 1.13. The average Bonchev–Trinajstić information content (AvgIpc) is 2.91. The molecule has 2 heterocycles. The smallest absolute Gasteiger partial charge is 0.314 e. The SMILES string of the molecule is CC1(C)[C@@H]2OCC[C@@H]2[C@H]1OC(=O)[C@H]1CCCN(C(N)=O)C1. The molecule has 21 heavy (non-hydrogen) atoms. The highest BCUT2D eigenvalue weighted by atomic mass is 16.6. The van der Waals surface area contributed by atoms with E-state index in [-0.39, 0.29) is 29.5 Å². The second-order valence-corrected chi connectivity index (χ2v) is 7.05. The van der Waals surface area contributed by atoms with Crippen LogP contribution >= 0.6 is 0 Å². The summed E-state index contributed by atoms with van der Waals surface area (Å²) in [4.78, 5) is 25.2. The summed E-state index contributed by atoms with van der Waals surface area (Å²) in [5.74, 6) is -0.104. The van der Waals surface area contributed by atoms with E-state index in [1.54, 1.807) is 0 Å². The molecule has 1 saturated carbocycles. The molecule has 0 aromatic heterocycles. The summed E-state index contributed by atoms with van der Waals surface area (Å²) in [5.41, 5.74) is 5.18. The van der Waals surface area contributed by atoms with Crippen LogP contribution in [-0.2, 0) is 14.3 Å². The summed E-state index contributed by atoms with van der Waals surface area (Å²) in [5, 5.41) is 0. The Kier molecular flexibility index (Phi) is 3.59. The molecule has 2 N–H and O–H groups in total. The van der Waals surface area contributed by atoms with Crippen LogP contribution in [0.15, 0.2) is 0 Å². The lowest BCUT2D eigenvalue weighted by molar-refractivity contribution is -0.213. The Morgan fingerprint density at radius 2 is 2.10 bits per heavy atom. The summed E-state index contributed by atoms with van der Waals surface area (Å²) in [6.07, 6.45) is 2.67. The zero-order valence-electron chi connectivity index (χ0n) is 12.7. The highest BCUT2D eigenvalue weighted by Gasteiger charge is 2.61. The first-order chi connectivity index (χ1) is 9.91. The number of nitrogens with zero attached hydrogens (tertiary/aromatic N) is 1. The quantitative estimate of drug-likeness (QED) is 0.775. The molecular weight excluding hydrogens is 272 g/mol. The number of piperidine rings is 1. The van der Waals surface area contributed by atoms with Crippen LogP contribution in [0.1, 0.15) is 33.1 Å². The predicted molar refractivity (Wildman–Crippen MR) is 75.4 cm³/mol. The molecule has 0 unspecified atom stereocenters. The number of carbonyl (C=O) groups excluding carboxylic acids is 2. The van der Waals surface area contributed by atoms with Gasteiger partial charge < -0.3 is 20.1 Å². The molecule has 6 nitrogen and oxygen atoms in total. The molecule has 3 rings (SSSR count). The molecule has 1 aliphatic carbocycles. The number of amides is 2.